The highest BCUT2D eigenvalue weighted by Gasteiger charge is 2.32. The average molecular weight is 301 g/mol. The van der Waals surface area contributed by atoms with Crippen LogP contribution in [0, 0.1) is 5.82 Å². The van der Waals surface area contributed by atoms with Crippen LogP contribution in [0.5, 0.6) is 5.75 Å². The molecule has 1 aromatic rings. The van der Waals surface area contributed by atoms with Gasteiger partial charge in [0, 0.05) is 28.3 Å². The van der Waals surface area contributed by atoms with E-state index in [1.807, 2.05) is 0 Å². The van der Waals surface area contributed by atoms with Gasteiger partial charge < -0.3 is 9.47 Å². The minimum Gasteiger partial charge on any atom is -0.494 e. The summed E-state index contributed by atoms with van der Waals surface area (Å²) in [5.74, 6) is -0.258. The molecule has 0 aromatic heterocycles. The summed E-state index contributed by atoms with van der Waals surface area (Å²) in [5, 5.41) is 3.04. The largest absolute Gasteiger partial charge is 0.494 e. The Morgan fingerprint density at radius 3 is 2.75 bits per heavy atom. The van der Waals surface area contributed by atoms with E-state index in [9.17, 15) is 13.4 Å². The molecule has 1 fully saturated rings. The van der Waals surface area contributed by atoms with Crippen molar-refractivity contribution in [3.05, 3.63) is 29.6 Å². The molecule has 2 rings (SSSR count). The molecular weight excluding hydrogens is 285 g/mol. The second kappa shape index (κ2) is 6.32. The Kier molecular flexibility index (Phi) is 4.72. The van der Waals surface area contributed by atoms with Crippen molar-refractivity contribution in [1.82, 2.24) is 5.32 Å². The van der Waals surface area contributed by atoms with E-state index in [1.54, 1.807) is 6.07 Å². The lowest BCUT2D eigenvalue weighted by Crippen LogP contribution is -2.49. The van der Waals surface area contributed by atoms with Gasteiger partial charge in [-0.25, -0.2) is 4.39 Å². The van der Waals surface area contributed by atoms with Crippen LogP contribution in [-0.2, 0) is 20.3 Å². The van der Waals surface area contributed by atoms with E-state index >= 15 is 0 Å². The van der Waals surface area contributed by atoms with Crippen LogP contribution in [0.4, 0.5) is 4.39 Å². The van der Waals surface area contributed by atoms with Crippen molar-refractivity contribution < 1.29 is 22.9 Å². The smallest absolute Gasteiger partial charge is 0.323 e. The molecule has 0 saturated carbocycles. The summed E-state index contributed by atoms with van der Waals surface area (Å²) in [4.78, 5) is 11.5. The Hall–Kier alpha value is -1.47. The standard InChI is InChI=1S/C13H16FNO4S/c1-18-12-4-3-8(5-9(12)14)10-6-20(17)7-11(15-10)13(16)19-2/h3-5,10-11,15H,6-7H2,1-2H3. The zero-order valence-electron chi connectivity index (χ0n) is 11.2. The molecule has 7 heteroatoms. The van der Waals surface area contributed by atoms with Gasteiger partial charge in [-0.2, -0.15) is 0 Å². The number of hydrogen-bond acceptors (Lipinski definition) is 5. The van der Waals surface area contributed by atoms with Gasteiger partial charge in [0.05, 0.1) is 14.2 Å². The highest BCUT2D eigenvalue weighted by Crippen LogP contribution is 2.24. The maximum Gasteiger partial charge on any atom is 0.323 e. The highest BCUT2D eigenvalue weighted by molar-refractivity contribution is 7.85. The lowest BCUT2D eigenvalue weighted by atomic mass is 10.1. The molecule has 5 nitrogen and oxygen atoms in total. The number of nitrogens with one attached hydrogen (secondary N) is 1. The number of carbonyl (C=O) groups excluding carboxylic acids is 1. The molecule has 1 aromatic carbocycles. The van der Waals surface area contributed by atoms with Crippen LogP contribution in [-0.4, -0.2) is 41.9 Å². The van der Waals surface area contributed by atoms with Crippen molar-refractivity contribution in [2.45, 2.75) is 12.1 Å². The van der Waals surface area contributed by atoms with Crippen LogP contribution in [0.25, 0.3) is 0 Å². The molecule has 20 heavy (non-hydrogen) atoms. The predicted molar refractivity (Wildman–Crippen MR) is 72.5 cm³/mol. The van der Waals surface area contributed by atoms with Gasteiger partial charge in [0.25, 0.3) is 0 Å². The van der Waals surface area contributed by atoms with E-state index in [4.69, 9.17) is 4.74 Å². The van der Waals surface area contributed by atoms with Crippen LogP contribution in [0.3, 0.4) is 0 Å². The third kappa shape index (κ3) is 3.16. The quantitative estimate of drug-likeness (QED) is 0.836. The van der Waals surface area contributed by atoms with Crippen LogP contribution in [0.15, 0.2) is 18.2 Å². The molecule has 1 aliphatic heterocycles. The summed E-state index contributed by atoms with van der Waals surface area (Å²) in [5.41, 5.74) is 0.630. The normalized spacial score (nSPS) is 26.1. The lowest BCUT2D eigenvalue weighted by Gasteiger charge is -2.29. The second-order valence-electron chi connectivity index (χ2n) is 4.46. The summed E-state index contributed by atoms with van der Waals surface area (Å²) in [7, 11) is 1.52. The van der Waals surface area contributed by atoms with Gasteiger partial charge in [0.15, 0.2) is 11.6 Å². The van der Waals surface area contributed by atoms with Crippen molar-refractivity contribution in [2.75, 3.05) is 25.7 Å². The van der Waals surface area contributed by atoms with E-state index in [0.717, 1.165) is 0 Å². The summed E-state index contributed by atoms with van der Waals surface area (Å²) in [6, 6.07) is 3.54. The molecular formula is C13H16FNO4S. The number of benzene rings is 1. The Balaban J connectivity index is 2.21. The van der Waals surface area contributed by atoms with Crippen LogP contribution >= 0.6 is 0 Å². The Morgan fingerprint density at radius 1 is 1.40 bits per heavy atom. The molecule has 0 amide bonds. The first kappa shape index (κ1) is 14.9. The first-order valence-electron chi connectivity index (χ1n) is 6.07. The summed E-state index contributed by atoms with van der Waals surface area (Å²) in [6.07, 6.45) is 0. The van der Waals surface area contributed by atoms with Crippen molar-refractivity contribution in [2.24, 2.45) is 0 Å². The van der Waals surface area contributed by atoms with Gasteiger partial charge in [-0.1, -0.05) is 6.07 Å². The van der Waals surface area contributed by atoms with E-state index < -0.39 is 28.6 Å². The molecule has 0 aliphatic carbocycles. The Labute approximate surface area is 118 Å². The minimum atomic E-state index is -1.15. The molecule has 1 aliphatic rings. The first-order chi connectivity index (χ1) is 9.55. The Bertz CT molecular complexity index is 537. The number of methoxy groups -OCH3 is 2. The SMILES string of the molecule is COC(=O)C1CS(=O)CC(c2ccc(OC)c(F)c2)N1. The van der Waals surface area contributed by atoms with Crippen LogP contribution in [0.1, 0.15) is 11.6 Å². The maximum absolute atomic E-state index is 13.7. The molecule has 1 heterocycles. The van der Waals surface area contributed by atoms with E-state index in [-0.39, 0.29) is 17.5 Å². The zero-order chi connectivity index (χ0) is 14.7. The van der Waals surface area contributed by atoms with E-state index in [1.165, 1.54) is 26.4 Å². The van der Waals surface area contributed by atoms with Crippen LogP contribution < -0.4 is 10.1 Å². The van der Waals surface area contributed by atoms with Gasteiger partial charge in [-0.05, 0) is 17.7 Å². The minimum absolute atomic E-state index is 0.148. The maximum atomic E-state index is 13.7. The molecule has 0 spiro atoms. The number of hydrogen-bond donors (Lipinski definition) is 1. The van der Waals surface area contributed by atoms with Gasteiger partial charge in [-0.3, -0.25) is 14.3 Å². The fourth-order valence-electron chi connectivity index (χ4n) is 2.15. The Morgan fingerprint density at radius 2 is 2.15 bits per heavy atom. The van der Waals surface area contributed by atoms with Crippen LogP contribution in [0.2, 0.25) is 0 Å². The molecule has 0 bridgehead atoms. The average Bonchev–Trinajstić information content (AvgIpc) is 2.45. The molecule has 1 N–H and O–H groups in total. The number of carbonyl (C=O) groups is 1. The van der Waals surface area contributed by atoms with Crippen molar-refractivity contribution in [3.8, 4) is 5.75 Å². The molecule has 1 saturated heterocycles. The number of ether oxygens (including phenoxy) is 2. The zero-order valence-corrected chi connectivity index (χ0v) is 12.0. The monoisotopic (exact) mass is 301 g/mol. The fourth-order valence-corrected chi connectivity index (χ4v) is 3.55. The lowest BCUT2D eigenvalue weighted by molar-refractivity contribution is -0.142. The number of halogens is 1. The molecule has 110 valence electrons. The fraction of sp³-hybridized carbons (Fsp3) is 0.462. The third-order valence-electron chi connectivity index (χ3n) is 3.17. The van der Waals surface area contributed by atoms with Gasteiger partial charge >= 0.3 is 5.97 Å². The first-order valence-corrected chi connectivity index (χ1v) is 7.56. The van der Waals surface area contributed by atoms with Gasteiger partial charge in [0.1, 0.15) is 6.04 Å². The molecule has 3 unspecified atom stereocenters. The molecule has 3 atom stereocenters. The van der Waals surface area contributed by atoms with Crippen molar-refractivity contribution in [3.63, 3.8) is 0 Å². The number of rotatable bonds is 3. The number of esters is 1. The van der Waals surface area contributed by atoms with Crippen molar-refractivity contribution in [1.29, 1.82) is 0 Å². The van der Waals surface area contributed by atoms with E-state index in [2.05, 4.69) is 10.1 Å². The summed E-state index contributed by atoms with van der Waals surface area (Å²) < 4.78 is 35.0. The second-order valence-corrected chi connectivity index (χ2v) is 6.01. The van der Waals surface area contributed by atoms with Gasteiger partial charge in [0.2, 0.25) is 0 Å². The molecule has 0 radical (unpaired) electrons. The van der Waals surface area contributed by atoms with Gasteiger partial charge in [-0.15, -0.1) is 0 Å². The highest BCUT2D eigenvalue weighted by atomic mass is 32.2. The summed E-state index contributed by atoms with van der Waals surface area (Å²) in [6.45, 7) is 0. The predicted octanol–water partition coefficient (Wildman–Crippen LogP) is 0.769. The summed E-state index contributed by atoms with van der Waals surface area (Å²) >= 11 is 0. The third-order valence-corrected chi connectivity index (χ3v) is 4.58. The van der Waals surface area contributed by atoms with Crippen molar-refractivity contribution >= 4 is 16.8 Å². The topological polar surface area (TPSA) is 64.6 Å². The van der Waals surface area contributed by atoms with E-state index in [0.29, 0.717) is 11.3 Å².